The van der Waals surface area contributed by atoms with Crippen LogP contribution in [0.2, 0.25) is 0 Å². The van der Waals surface area contributed by atoms with Crippen molar-refractivity contribution in [2.75, 3.05) is 11.5 Å². The highest BCUT2D eigenvalue weighted by Crippen LogP contribution is 2.26. The lowest BCUT2D eigenvalue weighted by molar-refractivity contribution is 1.19. The zero-order chi connectivity index (χ0) is 7.72. The molecule has 0 saturated carbocycles. The molecule has 0 radical (unpaired) electrons. The van der Waals surface area contributed by atoms with Crippen LogP contribution < -0.4 is 11.5 Å². The number of halogens is 1. The second-order valence-electron chi connectivity index (χ2n) is 2.03. The zero-order valence-corrected chi connectivity index (χ0v) is 7.14. The van der Waals surface area contributed by atoms with Crippen molar-refractivity contribution >= 4 is 27.3 Å². The first-order valence-electron chi connectivity index (χ1n) is 2.79. The number of hydrogen-bond donors (Lipinski definition) is 2. The second kappa shape index (κ2) is 2.46. The highest BCUT2D eigenvalue weighted by atomic mass is 79.9. The molecule has 1 aromatic rings. The van der Waals surface area contributed by atoms with Gasteiger partial charge in [0.25, 0.3) is 0 Å². The molecule has 0 amide bonds. The van der Waals surface area contributed by atoms with Crippen molar-refractivity contribution in [1.82, 2.24) is 4.98 Å². The Balaban J connectivity index is 3.34. The molecular weight excluding hydrogens is 194 g/mol. The summed E-state index contributed by atoms with van der Waals surface area (Å²) in [6.07, 6.45) is 1.55. The molecule has 0 aliphatic rings. The van der Waals surface area contributed by atoms with Crippen molar-refractivity contribution in [2.24, 2.45) is 0 Å². The van der Waals surface area contributed by atoms with E-state index in [-0.39, 0.29) is 0 Å². The second-order valence-corrected chi connectivity index (χ2v) is 2.82. The van der Waals surface area contributed by atoms with Crippen molar-refractivity contribution in [3.05, 3.63) is 16.4 Å². The smallest absolute Gasteiger partial charge is 0.0746 e. The minimum atomic E-state index is 0.512. The van der Waals surface area contributed by atoms with E-state index >= 15 is 0 Å². The summed E-state index contributed by atoms with van der Waals surface area (Å²) in [7, 11) is 0. The summed E-state index contributed by atoms with van der Waals surface area (Å²) in [6, 6.07) is 0. The van der Waals surface area contributed by atoms with Gasteiger partial charge < -0.3 is 11.5 Å². The third-order valence-corrected chi connectivity index (χ3v) is 2.26. The number of rotatable bonds is 0. The van der Waals surface area contributed by atoms with Crippen LogP contribution in [-0.4, -0.2) is 4.98 Å². The fourth-order valence-electron chi connectivity index (χ4n) is 0.614. The largest absolute Gasteiger partial charge is 0.396 e. The Kier molecular flexibility index (Phi) is 1.80. The van der Waals surface area contributed by atoms with Crippen LogP contribution in [0.4, 0.5) is 11.4 Å². The Labute approximate surface area is 67.6 Å². The van der Waals surface area contributed by atoms with E-state index in [9.17, 15) is 0 Å². The van der Waals surface area contributed by atoms with Gasteiger partial charge in [-0.2, -0.15) is 0 Å². The standard InChI is InChI=1S/C6H8BrN3/c1-3-5(7)6(9)4(8)2-10-3/h2H,8H2,1H3,(H2,9,10). The minimum Gasteiger partial charge on any atom is -0.396 e. The minimum absolute atomic E-state index is 0.512. The van der Waals surface area contributed by atoms with Crippen LogP contribution >= 0.6 is 15.9 Å². The number of anilines is 2. The fraction of sp³-hybridized carbons (Fsp3) is 0.167. The van der Waals surface area contributed by atoms with Crippen LogP contribution in [0.3, 0.4) is 0 Å². The molecule has 1 rings (SSSR count). The first kappa shape index (κ1) is 7.34. The quantitative estimate of drug-likeness (QED) is 0.666. The highest BCUT2D eigenvalue weighted by molar-refractivity contribution is 9.10. The zero-order valence-electron chi connectivity index (χ0n) is 5.56. The Morgan fingerprint density at radius 3 is 2.60 bits per heavy atom. The number of aromatic nitrogens is 1. The summed E-state index contributed by atoms with van der Waals surface area (Å²) in [5.74, 6) is 0. The molecule has 0 spiro atoms. The van der Waals surface area contributed by atoms with Crippen molar-refractivity contribution in [1.29, 1.82) is 0 Å². The van der Waals surface area contributed by atoms with Gasteiger partial charge in [-0.1, -0.05) is 0 Å². The van der Waals surface area contributed by atoms with Crippen LogP contribution in [0.25, 0.3) is 0 Å². The van der Waals surface area contributed by atoms with Crippen molar-refractivity contribution in [3.8, 4) is 0 Å². The molecule has 0 fully saturated rings. The van der Waals surface area contributed by atoms with Gasteiger partial charge in [-0.15, -0.1) is 0 Å². The Morgan fingerprint density at radius 1 is 1.50 bits per heavy atom. The maximum Gasteiger partial charge on any atom is 0.0746 e. The molecule has 0 bridgehead atoms. The lowest BCUT2D eigenvalue weighted by Gasteiger charge is -2.03. The van der Waals surface area contributed by atoms with E-state index in [2.05, 4.69) is 20.9 Å². The van der Waals surface area contributed by atoms with Gasteiger partial charge in [0.2, 0.25) is 0 Å². The van der Waals surface area contributed by atoms with E-state index in [1.165, 1.54) is 0 Å². The summed E-state index contributed by atoms with van der Waals surface area (Å²) in [4.78, 5) is 3.99. The van der Waals surface area contributed by atoms with E-state index in [0.717, 1.165) is 10.2 Å². The maximum absolute atomic E-state index is 5.57. The molecule has 0 aliphatic carbocycles. The van der Waals surface area contributed by atoms with Crippen LogP contribution in [0.1, 0.15) is 5.69 Å². The Bertz CT molecular complexity index is 232. The number of hydrogen-bond acceptors (Lipinski definition) is 3. The molecule has 4 heteroatoms. The van der Waals surface area contributed by atoms with Crippen LogP contribution in [0, 0.1) is 6.92 Å². The van der Waals surface area contributed by atoms with Gasteiger partial charge in [-0.3, -0.25) is 4.98 Å². The Morgan fingerprint density at radius 2 is 2.10 bits per heavy atom. The van der Waals surface area contributed by atoms with E-state index in [1.54, 1.807) is 6.20 Å². The monoisotopic (exact) mass is 201 g/mol. The summed E-state index contributed by atoms with van der Waals surface area (Å²) in [5, 5.41) is 0. The predicted molar refractivity (Wildman–Crippen MR) is 45.5 cm³/mol. The summed E-state index contributed by atoms with van der Waals surface area (Å²) < 4.78 is 0.785. The normalized spacial score (nSPS) is 9.80. The molecule has 0 aliphatic heterocycles. The summed E-state index contributed by atoms with van der Waals surface area (Å²) in [6.45, 7) is 1.86. The van der Waals surface area contributed by atoms with Gasteiger partial charge in [0, 0.05) is 0 Å². The molecule has 3 nitrogen and oxygen atoms in total. The molecule has 1 aromatic heterocycles. The maximum atomic E-state index is 5.57. The SMILES string of the molecule is Cc1ncc(N)c(N)c1Br. The molecule has 0 unspecified atom stereocenters. The van der Waals surface area contributed by atoms with Crippen molar-refractivity contribution < 1.29 is 0 Å². The molecule has 0 saturated heterocycles. The molecule has 0 aromatic carbocycles. The predicted octanol–water partition coefficient (Wildman–Crippen LogP) is 1.32. The van der Waals surface area contributed by atoms with Crippen molar-refractivity contribution in [2.45, 2.75) is 6.92 Å². The number of nitrogens with zero attached hydrogens (tertiary/aromatic N) is 1. The third-order valence-electron chi connectivity index (χ3n) is 1.26. The van der Waals surface area contributed by atoms with Gasteiger partial charge in [0.1, 0.15) is 0 Å². The fourth-order valence-corrected chi connectivity index (χ4v) is 0.945. The van der Waals surface area contributed by atoms with Crippen LogP contribution in [0.15, 0.2) is 10.7 Å². The number of nitrogen functional groups attached to an aromatic ring is 2. The van der Waals surface area contributed by atoms with Crippen LogP contribution in [0.5, 0.6) is 0 Å². The summed E-state index contributed by atoms with van der Waals surface area (Å²) in [5.41, 5.74) is 13.0. The molecule has 54 valence electrons. The molecular formula is C6H8BrN3. The highest BCUT2D eigenvalue weighted by Gasteiger charge is 2.02. The van der Waals surface area contributed by atoms with Crippen molar-refractivity contribution in [3.63, 3.8) is 0 Å². The Hall–Kier alpha value is -0.770. The van der Waals surface area contributed by atoms with Gasteiger partial charge >= 0.3 is 0 Å². The van der Waals surface area contributed by atoms with E-state index in [1.807, 2.05) is 6.92 Å². The lowest BCUT2D eigenvalue weighted by atomic mass is 10.3. The molecule has 1 heterocycles. The average molecular weight is 202 g/mol. The molecule has 4 N–H and O–H groups in total. The summed E-state index contributed by atoms with van der Waals surface area (Å²) >= 11 is 3.26. The van der Waals surface area contributed by atoms with Gasteiger partial charge in [-0.25, -0.2) is 0 Å². The molecule has 10 heavy (non-hydrogen) atoms. The number of nitrogens with two attached hydrogens (primary N) is 2. The first-order valence-corrected chi connectivity index (χ1v) is 3.58. The van der Waals surface area contributed by atoms with Gasteiger partial charge in [-0.05, 0) is 22.9 Å². The molecule has 0 atom stereocenters. The first-order chi connectivity index (χ1) is 4.63. The third kappa shape index (κ3) is 1.07. The average Bonchev–Trinajstić information content (AvgIpc) is 1.93. The van der Waals surface area contributed by atoms with Crippen LogP contribution in [-0.2, 0) is 0 Å². The van der Waals surface area contributed by atoms with Gasteiger partial charge in [0.05, 0.1) is 27.7 Å². The van der Waals surface area contributed by atoms with E-state index < -0.39 is 0 Å². The lowest BCUT2D eigenvalue weighted by Crippen LogP contribution is -1.98. The van der Waals surface area contributed by atoms with Gasteiger partial charge in [0.15, 0.2) is 0 Å². The topological polar surface area (TPSA) is 64.9 Å². The van der Waals surface area contributed by atoms with E-state index in [4.69, 9.17) is 11.5 Å². The number of pyridine rings is 1. The number of aryl methyl sites for hydroxylation is 1. The van der Waals surface area contributed by atoms with E-state index in [0.29, 0.717) is 11.4 Å².